The lowest BCUT2D eigenvalue weighted by Gasteiger charge is -2.08. The fourth-order valence-electron chi connectivity index (χ4n) is 2.65. The number of hydrogen-bond donors (Lipinski definition) is 1. The zero-order valence-electron chi connectivity index (χ0n) is 16.0. The number of benzene rings is 2. The number of aryl methyl sites for hydroxylation is 2. The summed E-state index contributed by atoms with van der Waals surface area (Å²) in [5, 5.41) is 12.9. The maximum absolute atomic E-state index is 12.6. The summed E-state index contributed by atoms with van der Waals surface area (Å²) in [5.74, 6) is -0.0318. The minimum atomic E-state index is -0.464. The maximum atomic E-state index is 12.6. The monoisotopic (exact) mass is 466 g/mol. The molecule has 3 aromatic rings. The third kappa shape index (κ3) is 5.41. The summed E-state index contributed by atoms with van der Waals surface area (Å²) in [6.45, 7) is 4.05. The van der Waals surface area contributed by atoms with E-state index < -0.39 is 5.91 Å². The Bertz CT molecular complexity index is 1090. The van der Waals surface area contributed by atoms with Gasteiger partial charge >= 0.3 is 0 Å². The molecule has 3 rings (SSSR count). The first kappa shape index (κ1) is 21.0. The molecule has 0 radical (unpaired) electrons. The summed E-state index contributed by atoms with van der Waals surface area (Å²) < 4.78 is 6.60. The van der Waals surface area contributed by atoms with Crippen LogP contribution in [0.25, 0.3) is 6.08 Å². The van der Waals surface area contributed by atoms with Gasteiger partial charge in [-0.05, 0) is 59.1 Å². The standard InChI is InChI=1S/C23H19BrN2O2S/c1-3-16-6-4-5-7-21(16)26-22(27)17(14-25)12-18-13-20(24)23(28-18)29-19-10-8-15(2)9-11-19/h4-13H,3H2,1-2H3,(H,26,27)/b17-12-. The zero-order valence-corrected chi connectivity index (χ0v) is 18.4. The number of rotatable bonds is 6. The van der Waals surface area contributed by atoms with Crippen LogP contribution in [0.4, 0.5) is 5.69 Å². The molecule has 1 amide bonds. The number of furan rings is 1. The van der Waals surface area contributed by atoms with E-state index in [0.29, 0.717) is 16.5 Å². The van der Waals surface area contributed by atoms with E-state index in [9.17, 15) is 10.1 Å². The molecule has 0 saturated carbocycles. The van der Waals surface area contributed by atoms with E-state index in [4.69, 9.17) is 4.42 Å². The Labute approximate surface area is 182 Å². The van der Waals surface area contributed by atoms with Crippen LogP contribution in [0.5, 0.6) is 0 Å². The molecule has 0 unspecified atom stereocenters. The number of nitriles is 1. The molecule has 29 heavy (non-hydrogen) atoms. The van der Waals surface area contributed by atoms with Gasteiger partial charge in [-0.1, -0.05) is 54.6 Å². The minimum absolute atomic E-state index is 0.0240. The first-order chi connectivity index (χ1) is 14.0. The molecule has 0 aliphatic heterocycles. The molecule has 1 N–H and O–H groups in total. The summed E-state index contributed by atoms with van der Waals surface area (Å²) in [6.07, 6.45) is 2.24. The van der Waals surface area contributed by atoms with Gasteiger partial charge in [-0.15, -0.1) is 0 Å². The molecule has 0 bridgehead atoms. The number of carbonyl (C=O) groups is 1. The van der Waals surface area contributed by atoms with Crippen molar-refractivity contribution in [2.24, 2.45) is 0 Å². The van der Waals surface area contributed by atoms with Crippen LogP contribution in [0, 0.1) is 18.3 Å². The van der Waals surface area contributed by atoms with Gasteiger partial charge in [-0.3, -0.25) is 4.79 Å². The Hall–Kier alpha value is -2.75. The van der Waals surface area contributed by atoms with Crippen molar-refractivity contribution in [1.82, 2.24) is 0 Å². The molecular formula is C23H19BrN2O2S. The van der Waals surface area contributed by atoms with Gasteiger partial charge in [0.25, 0.3) is 5.91 Å². The van der Waals surface area contributed by atoms with Crippen LogP contribution < -0.4 is 5.32 Å². The van der Waals surface area contributed by atoms with Gasteiger partial charge in [0.2, 0.25) is 0 Å². The second-order valence-electron chi connectivity index (χ2n) is 6.33. The largest absolute Gasteiger partial charge is 0.449 e. The molecular weight excluding hydrogens is 448 g/mol. The molecule has 6 heteroatoms. The number of nitrogens with zero attached hydrogens (tertiary/aromatic N) is 1. The highest BCUT2D eigenvalue weighted by Crippen LogP contribution is 2.36. The first-order valence-electron chi connectivity index (χ1n) is 9.05. The van der Waals surface area contributed by atoms with Gasteiger partial charge < -0.3 is 9.73 Å². The lowest BCUT2D eigenvalue weighted by atomic mass is 10.1. The van der Waals surface area contributed by atoms with Crippen molar-refractivity contribution < 1.29 is 9.21 Å². The molecule has 0 aliphatic rings. The van der Waals surface area contributed by atoms with Gasteiger partial charge in [0.1, 0.15) is 17.4 Å². The van der Waals surface area contributed by atoms with E-state index >= 15 is 0 Å². The van der Waals surface area contributed by atoms with Crippen LogP contribution in [0.2, 0.25) is 0 Å². The van der Waals surface area contributed by atoms with E-state index in [1.54, 1.807) is 6.07 Å². The number of amides is 1. The Balaban J connectivity index is 1.79. The van der Waals surface area contributed by atoms with Crippen molar-refractivity contribution >= 4 is 45.4 Å². The van der Waals surface area contributed by atoms with Crippen LogP contribution in [-0.4, -0.2) is 5.91 Å². The Morgan fingerprint density at radius 2 is 1.97 bits per heavy atom. The number of anilines is 1. The SMILES string of the molecule is CCc1ccccc1NC(=O)/C(C#N)=C\c1cc(Br)c(Sc2ccc(C)cc2)o1. The third-order valence-electron chi connectivity index (χ3n) is 4.20. The second-order valence-corrected chi connectivity index (χ2v) is 8.23. The van der Waals surface area contributed by atoms with E-state index in [1.165, 1.54) is 23.4 Å². The topological polar surface area (TPSA) is 66.0 Å². The summed E-state index contributed by atoms with van der Waals surface area (Å²) in [7, 11) is 0. The number of nitrogens with one attached hydrogen (secondary N) is 1. The molecule has 0 aliphatic carbocycles. The van der Waals surface area contributed by atoms with Gasteiger partial charge in [0.05, 0.1) is 4.47 Å². The van der Waals surface area contributed by atoms with Crippen LogP contribution in [0.1, 0.15) is 23.8 Å². The second kappa shape index (κ2) is 9.64. The number of halogens is 1. The van der Waals surface area contributed by atoms with Gasteiger partial charge in [-0.25, -0.2) is 0 Å². The molecule has 1 aromatic heterocycles. The zero-order chi connectivity index (χ0) is 20.8. The van der Waals surface area contributed by atoms with E-state index in [2.05, 4.69) is 21.2 Å². The summed E-state index contributed by atoms with van der Waals surface area (Å²) in [4.78, 5) is 13.6. The molecule has 146 valence electrons. The average molecular weight is 467 g/mol. The predicted molar refractivity (Wildman–Crippen MR) is 120 cm³/mol. The van der Waals surface area contributed by atoms with Crippen molar-refractivity contribution in [3.63, 3.8) is 0 Å². The van der Waals surface area contributed by atoms with Crippen LogP contribution in [-0.2, 0) is 11.2 Å². The van der Waals surface area contributed by atoms with Crippen LogP contribution >= 0.6 is 27.7 Å². The van der Waals surface area contributed by atoms with Crippen molar-refractivity contribution in [1.29, 1.82) is 5.26 Å². The van der Waals surface area contributed by atoms with Crippen molar-refractivity contribution in [2.75, 3.05) is 5.32 Å². The van der Waals surface area contributed by atoms with Gasteiger partial charge in [-0.2, -0.15) is 5.26 Å². The van der Waals surface area contributed by atoms with E-state index in [1.807, 2.05) is 68.4 Å². The molecule has 0 atom stereocenters. The minimum Gasteiger partial charge on any atom is -0.449 e. The van der Waals surface area contributed by atoms with Crippen LogP contribution in [0.15, 0.2) is 79.0 Å². The van der Waals surface area contributed by atoms with Crippen molar-refractivity contribution in [2.45, 2.75) is 30.3 Å². The van der Waals surface area contributed by atoms with Crippen LogP contribution in [0.3, 0.4) is 0 Å². The average Bonchev–Trinajstić information content (AvgIpc) is 3.07. The normalized spacial score (nSPS) is 11.2. The van der Waals surface area contributed by atoms with E-state index in [-0.39, 0.29) is 5.57 Å². The molecule has 0 spiro atoms. The summed E-state index contributed by atoms with van der Waals surface area (Å²) >= 11 is 4.95. The van der Waals surface area contributed by atoms with Crippen molar-refractivity contribution in [3.8, 4) is 6.07 Å². The summed E-state index contributed by atoms with van der Waals surface area (Å²) in [5.41, 5.74) is 2.88. The maximum Gasteiger partial charge on any atom is 0.266 e. The molecule has 0 saturated heterocycles. The first-order valence-corrected chi connectivity index (χ1v) is 10.7. The number of carbonyl (C=O) groups excluding carboxylic acids is 1. The fraction of sp³-hybridized carbons (Fsp3) is 0.130. The Kier molecular flexibility index (Phi) is 6.97. The lowest BCUT2D eigenvalue weighted by molar-refractivity contribution is -0.112. The Morgan fingerprint density at radius 1 is 1.24 bits per heavy atom. The highest BCUT2D eigenvalue weighted by atomic mass is 79.9. The molecule has 2 aromatic carbocycles. The molecule has 4 nitrogen and oxygen atoms in total. The predicted octanol–water partition coefficient (Wildman–Crippen LogP) is 6.61. The number of para-hydroxylation sites is 1. The van der Waals surface area contributed by atoms with Gasteiger partial charge in [0.15, 0.2) is 5.09 Å². The van der Waals surface area contributed by atoms with Gasteiger partial charge in [0, 0.05) is 16.7 Å². The summed E-state index contributed by atoms with van der Waals surface area (Å²) in [6, 6.07) is 19.4. The van der Waals surface area contributed by atoms with E-state index in [0.717, 1.165) is 21.4 Å². The highest BCUT2D eigenvalue weighted by molar-refractivity contribution is 9.10. The molecule has 1 heterocycles. The quantitative estimate of drug-likeness (QED) is 0.327. The smallest absolute Gasteiger partial charge is 0.266 e. The fourth-order valence-corrected chi connectivity index (χ4v) is 3.98. The third-order valence-corrected chi connectivity index (χ3v) is 6.05. The molecule has 0 fully saturated rings. The lowest BCUT2D eigenvalue weighted by Crippen LogP contribution is -2.14. The highest BCUT2D eigenvalue weighted by Gasteiger charge is 2.15. The number of hydrogen-bond acceptors (Lipinski definition) is 4. The van der Waals surface area contributed by atoms with Crippen molar-refractivity contribution in [3.05, 3.63) is 81.5 Å². The Morgan fingerprint density at radius 3 is 2.66 bits per heavy atom.